The predicted octanol–water partition coefficient (Wildman–Crippen LogP) is 3.18. The molecular formula is C23H20N8O. The van der Waals surface area contributed by atoms with Gasteiger partial charge in [0.2, 0.25) is 5.95 Å². The first kappa shape index (κ1) is 19.7. The first-order valence-electron chi connectivity index (χ1n) is 10.2. The van der Waals surface area contributed by atoms with Gasteiger partial charge in [0, 0.05) is 36.2 Å². The van der Waals surface area contributed by atoms with Gasteiger partial charge in [-0.05, 0) is 48.5 Å². The van der Waals surface area contributed by atoms with E-state index in [9.17, 15) is 5.26 Å². The molecule has 2 aromatic carbocycles. The van der Waals surface area contributed by atoms with Crippen LogP contribution in [0.2, 0.25) is 0 Å². The Morgan fingerprint density at radius 1 is 0.969 bits per heavy atom. The Hall–Kier alpha value is -4.29. The van der Waals surface area contributed by atoms with Crippen molar-refractivity contribution in [3.63, 3.8) is 0 Å². The van der Waals surface area contributed by atoms with Crippen molar-refractivity contribution in [2.45, 2.75) is 0 Å². The Morgan fingerprint density at radius 2 is 1.81 bits per heavy atom. The highest BCUT2D eigenvalue weighted by atomic mass is 16.5. The van der Waals surface area contributed by atoms with Crippen LogP contribution in [0.25, 0.3) is 16.9 Å². The van der Waals surface area contributed by atoms with Gasteiger partial charge in [0.15, 0.2) is 0 Å². The molecule has 4 aromatic rings. The summed E-state index contributed by atoms with van der Waals surface area (Å²) >= 11 is 0. The van der Waals surface area contributed by atoms with Gasteiger partial charge in [-0.1, -0.05) is 5.21 Å². The summed E-state index contributed by atoms with van der Waals surface area (Å²) in [7, 11) is 0. The van der Waals surface area contributed by atoms with Gasteiger partial charge in [-0.3, -0.25) is 0 Å². The number of hydrogen-bond donors (Lipinski definition) is 1. The van der Waals surface area contributed by atoms with Gasteiger partial charge in [-0.25, -0.2) is 14.6 Å². The van der Waals surface area contributed by atoms with Gasteiger partial charge in [-0.15, -0.1) is 5.10 Å². The van der Waals surface area contributed by atoms with Crippen molar-refractivity contribution >= 4 is 17.3 Å². The van der Waals surface area contributed by atoms with Crippen LogP contribution in [0, 0.1) is 11.3 Å². The van der Waals surface area contributed by atoms with Gasteiger partial charge in [-0.2, -0.15) is 5.26 Å². The third kappa shape index (κ3) is 4.26. The van der Waals surface area contributed by atoms with Crippen molar-refractivity contribution in [1.29, 1.82) is 5.26 Å². The molecule has 32 heavy (non-hydrogen) atoms. The molecule has 0 aliphatic carbocycles. The van der Waals surface area contributed by atoms with Crippen LogP contribution in [0.3, 0.4) is 0 Å². The van der Waals surface area contributed by atoms with Gasteiger partial charge >= 0.3 is 0 Å². The molecule has 0 amide bonds. The van der Waals surface area contributed by atoms with E-state index < -0.39 is 0 Å². The third-order valence-corrected chi connectivity index (χ3v) is 5.18. The number of anilines is 3. The fourth-order valence-corrected chi connectivity index (χ4v) is 3.58. The Balaban J connectivity index is 1.39. The van der Waals surface area contributed by atoms with E-state index in [4.69, 9.17) is 4.74 Å². The molecule has 0 unspecified atom stereocenters. The Kier molecular flexibility index (Phi) is 5.43. The third-order valence-electron chi connectivity index (χ3n) is 5.18. The minimum absolute atomic E-state index is 0.478. The summed E-state index contributed by atoms with van der Waals surface area (Å²) in [6.07, 6.45) is 5.13. The number of rotatable bonds is 5. The lowest BCUT2D eigenvalue weighted by atomic mass is 10.1. The van der Waals surface area contributed by atoms with Crippen LogP contribution >= 0.6 is 0 Å². The Morgan fingerprint density at radius 3 is 2.56 bits per heavy atom. The second-order valence-electron chi connectivity index (χ2n) is 7.26. The summed E-state index contributed by atoms with van der Waals surface area (Å²) in [4.78, 5) is 11.2. The number of nitrogens with zero attached hydrogens (tertiary/aromatic N) is 7. The largest absolute Gasteiger partial charge is 0.378 e. The number of hydrogen-bond acceptors (Lipinski definition) is 8. The molecule has 1 fully saturated rings. The molecule has 1 saturated heterocycles. The fourth-order valence-electron chi connectivity index (χ4n) is 3.58. The lowest BCUT2D eigenvalue weighted by Crippen LogP contribution is -2.36. The van der Waals surface area contributed by atoms with Gasteiger partial charge in [0.1, 0.15) is 0 Å². The number of morpholine rings is 1. The van der Waals surface area contributed by atoms with E-state index in [0.29, 0.717) is 24.7 Å². The number of nitrogens with one attached hydrogen (secondary N) is 1. The zero-order valence-electron chi connectivity index (χ0n) is 17.2. The van der Waals surface area contributed by atoms with E-state index in [1.807, 2.05) is 42.5 Å². The van der Waals surface area contributed by atoms with E-state index in [2.05, 4.69) is 42.6 Å². The highest BCUT2D eigenvalue weighted by Gasteiger charge is 2.14. The second-order valence-corrected chi connectivity index (χ2v) is 7.26. The molecule has 0 saturated carbocycles. The maximum Gasteiger partial charge on any atom is 0.227 e. The minimum atomic E-state index is 0.478. The summed E-state index contributed by atoms with van der Waals surface area (Å²) < 4.78 is 7.14. The molecule has 0 spiro atoms. The van der Waals surface area contributed by atoms with Gasteiger partial charge < -0.3 is 15.0 Å². The van der Waals surface area contributed by atoms with Crippen LogP contribution in [0.15, 0.2) is 67.1 Å². The van der Waals surface area contributed by atoms with Gasteiger partial charge in [0.05, 0.1) is 48.6 Å². The maximum absolute atomic E-state index is 9.52. The summed E-state index contributed by atoms with van der Waals surface area (Å²) in [5, 5.41) is 20.6. The molecule has 2 aromatic heterocycles. The molecule has 158 valence electrons. The molecule has 1 N–H and O–H groups in total. The van der Waals surface area contributed by atoms with Crippen LogP contribution in [-0.2, 0) is 4.74 Å². The Bertz CT molecular complexity index is 1240. The van der Waals surface area contributed by atoms with Gasteiger partial charge in [0.25, 0.3) is 0 Å². The lowest BCUT2D eigenvalue weighted by molar-refractivity contribution is 0.122. The summed E-state index contributed by atoms with van der Waals surface area (Å²) in [5.41, 5.74) is 4.98. The van der Waals surface area contributed by atoms with E-state index in [1.54, 1.807) is 23.3 Å². The van der Waals surface area contributed by atoms with Crippen molar-refractivity contribution in [1.82, 2.24) is 25.0 Å². The minimum Gasteiger partial charge on any atom is -0.378 e. The lowest BCUT2D eigenvalue weighted by Gasteiger charge is -2.29. The molecule has 5 rings (SSSR count). The molecule has 1 aliphatic rings. The van der Waals surface area contributed by atoms with E-state index in [-0.39, 0.29) is 0 Å². The van der Waals surface area contributed by atoms with Crippen LogP contribution in [0.4, 0.5) is 17.3 Å². The maximum atomic E-state index is 9.52. The molecular weight excluding hydrogens is 404 g/mol. The predicted molar refractivity (Wildman–Crippen MR) is 120 cm³/mol. The van der Waals surface area contributed by atoms with Crippen LogP contribution in [0.5, 0.6) is 0 Å². The first-order chi connectivity index (χ1) is 15.8. The summed E-state index contributed by atoms with van der Waals surface area (Å²) in [5.74, 6) is 0.478. The topological polar surface area (TPSA) is 105 Å². The summed E-state index contributed by atoms with van der Waals surface area (Å²) in [6.45, 7) is 2.97. The first-order valence-corrected chi connectivity index (χ1v) is 10.2. The van der Waals surface area contributed by atoms with E-state index in [0.717, 1.165) is 41.4 Å². The van der Waals surface area contributed by atoms with Crippen molar-refractivity contribution in [2.24, 2.45) is 0 Å². The van der Waals surface area contributed by atoms with Crippen molar-refractivity contribution in [2.75, 3.05) is 36.5 Å². The van der Waals surface area contributed by atoms with E-state index in [1.165, 1.54) is 0 Å². The van der Waals surface area contributed by atoms with Crippen molar-refractivity contribution in [3.05, 3.63) is 72.7 Å². The number of ether oxygens (including phenoxy) is 1. The van der Waals surface area contributed by atoms with Crippen molar-refractivity contribution < 1.29 is 4.74 Å². The quantitative estimate of drug-likeness (QED) is 0.521. The SMILES string of the molecule is N#Cc1cc(-c2ccnc(Nc3ccc(-n4ccnn4)cc3)n2)cc(N2CCOCC2)c1. The highest BCUT2D eigenvalue weighted by Crippen LogP contribution is 2.27. The Labute approximate surface area is 184 Å². The number of nitriles is 1. The molecule has 3 heterocycles. The zero-order valence-corrected chi connectivity index (χ0v) is 17.2. The second kappa shape index (κ2) is 8.83. The molecule has 9 nitrogen and oxygen atoms in total. The molecule has 1 aliphatic heterocycles. The molecule has 0 radical (unpaired) electrons. The standard InChI is InChI=1S/C23H20N8O/c24-16-17-13-18(15-21(14-17)30-9-11-32-12-10-30)22-5-6-25-23(28-22)27-19-1-3-20(4-2-19)31-8-7-26-29-31/h1-8,13-15H,9-12H2,(H,25,27,28). The van der Waals surface area contributed by atoms with E-state index >= 15 is 0 Å². The average Bonchev–Trinajstić information content (AvgIpc) is 3.40. The normalized spacial score (nSPS) is 13.5. The smallest absolute Gasteiger partial charge is 0.227 e. The average molecular weight is 424 g/mol. The highest BCUT2D eigenvalue weighted by molar-refractivity contribution is 5.70. The zero-order chi connectivity index (χ0) is 21.8. The van der Waals surface area contributed by atoms with Crippen molar-refractivity contribution in [3.8, 4) is 23.0 Å². The number of benzene rings is 2. The fraction of sp³-hybridized carbons (Fsp3) is 0.174. The monoisotopic (exact) mass is 424 g/mol. The number of aromatic nitrogens is 5. The van der Waals surface area contributed by atoms with Crippen LogP contribution in [-0.4, -0.2) is 51.3 Å². The molecule has 0 bridgehead atoms. The summed E-state index contributed by atoms with van der Waals surface area (Å²) in [6, 6.07) is 17.7. The molecule has 9 heteroatoms. The van der Waals surface area contributed by atoms with Crippen LogP contribution < -0.4 is 10.2 Å². The van der Waals surface area contributed by atoms with Crippen LogP contribution in [0.1, 0.15) is 5.56 Å². The molecule has 0 atom stereocenters.